The van der Waals surface area contributed by atoms with Crippen LogP contribution < -0.4 is 10.2 Å². The van der Waals surface area contributed by atoms with E-state index >= 15 is 0 Å². The first kappa shape index (κ1) is 15.2. The van der Waals surface area contributed by atoms with Gasteiger partial charge in [0.1, 0.15) is 6.61 Å². The number of benzene rings is 1. The first-order chi connectivity index (χ1) is 11.1. The van der Waals surface area contributed by atoms with E-state index in [0.29, 0.717) is 12.1 Å². The van der Waals surface area contributed by atoms with Crippen molar-refractivity contribution < 1.29 is 14.7 Å². The maximum atomic E-state index is 11.7. The van der Waals surface area contributed by atoms with E-state index in [-0.39, 0.29) is 5.91 Å². The molecule has 1 aliphatic heterocycles. The van der Waals surface area contributed by atoms with Crippen LogP contribution in [-0.2, 0) is 16.0 Å². The number of carbonyl (C=O) groups is 2. The van der Waals surface area contributed by atoms with E-state index in [2.05, 4.69) is 10.3 Å². The number of nitrogens with zero attached hydrogens (tertiary/aromatic N) is 2. The fraction of sp³-hybridized carbons (Fsp3) is 0.235. The minimum absolute atomic E-state index is 0.126. The van der Waals surface area contributed by atoms with E-state index in [4.69, 9.17) is 5.11 Å². The molecule has 6 nitrogen and oxygen atoms in total. The second-order valence-electron chi connectivity index (χ2n) is 5.46. The third-order valence-corrected chi connectivity index (χ3v) is 3.92. The number of hydrogen-bond donors (Lipinski definition) is 2. The Morgan fingerprint density at radius 3 is 2.87 bits per heavy atom. The molecule has 2 aromatic rings. The summed E-state index contributed by atoms with van der Waals surface area (Å²) in [6.45, 7) is -0.566. The molecular formula is C17H17N3O3. The number of aryl methyl sites for hydroxylation is 1. The Labute approximate surface area is 133 Å². The molecule has 0 spiro atoms. The number of fused-ring (bicyclic) bond motifs is 1. The molecule has 0 atom stereocenters. The lowest BCUT2D eigenvalue weighted by molar-refractivity contribution is -0.119. The number of amides is 2. The lowest BCUT2D eigenvalue weighted by Gasteiger charge is -2.26. The largest absolute Gasteiger partial charge is 0.387 e. The molecule has 0 unspecified atom stereocenters. The molecule has 0 aliphatic carbocycles. The molecular weight excluding hydrogens is 294 g/mol. The summed E-state index contributed by atoms with van der Waals surface area (Å²) in [6, 6.07) is 7.72. The highest BCUT2D eigenvalue weighted by molar-refractivity contribution is 5.96. The standard InChI is InChI=1S/C17H17N3O3/c1-20-15-4-2-11(6-12(15)3-5-17(20)23)13-7-14(9-18-8-13)19-16(22)10-21/h2,4,6-9,21H,3,5,10H2,1H3,(H,19,22). The van der Waals surface area contributed by atoms with Crippen molar-refractivity contribution in [2.24, 2.45) is 0 Å². The van der Waals surface area contributed by atoms with Crippen molar-refractivity contribution >= 4 is 23.2 Å². The van der Waals surface area contributed by atoms with Gasteiger partial charge in [-0.2, -0.15) is 0 Å². The van der Waals surface area contributed by atoms with Gasteiger partial charge >= 0.3 is 0 Å². The SMILES string of the molecule is CN1C(=O)CCc2cc(-c3cncc(NC(=O)CO)c3)ccc21. The summed E-state index contributed by atoms with van der Waals surface area (Å²) >= 11 is 0. The minimum atomic E-state index is -0.566. The maximum Gasteiger partial charge on any atom is 0.250 e. The van der Waals surface area contributed by atoms with E-state index in [0.717, 1.165) is 28.8 Å². The topological polar surface area (TPSA) is 82.5 Å². The van der Waals surface area contributed by atoms with Crippen molar-refractivity contribution in [3.05, 3.63) is 42.2 Å². The Morgan fingerprint density at radius 1 is 1.26 bits per heavy atom. The Kier molecular flexibility index (Phi) is 4.08. The van der Waals surface area contributed by atoms with Gasteiger partial charge in [-0.15, -0.1) is 0 Å². The number of nitrogens with one attached hydrogen (secondary N) is 1. The molecule has 6 heteroatoms. The molecule has 1 aliphatic rings. The number of aliphatic hydroxyl groups excluding tert-OH is 1. The molecule has 23 heavy (non-hydrogen) atoms. The molecule has 0 fully saturated rings. The monoisotopic (exact) mass is 311 g/mol. The molecule has 0 bridgehead atoms. The third kappa shape index (κ3) is 3.07. The summed E-state index contributed by atoms with van der Waals surface area (Å²) < 4.78 is 0. The molecule has 1 aromatic carbocycles. The van der Waals surface area contributed by atoms with Crippen LogP contribution in [0, 0.1) is 0 Å². The van der Waals surface area contributed by atoms with Gasteiger partial charge in [-0.25, -0.2) is 0 Å². The quantitative estimate of drug-likeness (QED) is 0.902. The summed E-state index contributed by atoms with van der Waals surface area (Å²) in [5, 5.41) is 11.4. The molecule has 2 N–H and O–H groups in total. The van der Waals surface area contributed by atoms with E-state index in [1.54, 1.807) is 24.2 Å². The maximum absolute atomic E-state index is 11.7. The molecule has 118 valence electrons. The Morgan fingerprint density at radius 2 is 2.09 bits per heavy atom. The molecule has 0 radical (unpaired) electrons. The second-order valence-corrected chi connectivity index (χ2v) is 5.46. The second kappa shape index (κ2) is 6.18. The highest BCUT2D eigenvalue weighted by Crippen LogP contribution is 2.31. The zero-order chi connectivity index (χ0) is 16.4. The van der Waals surface area contributed by atoms with Crippen molar-refractivity contribution in [3.63, 3.8) is 0 Å². The number of anilines is 2. The first-order valence-corrected chi connectivity index (χ1v) is 7.34. The van der Waals surface area contributed by atoms with Crippen molar-refractivity contribution in [3.8, 4) is 11.1 Å². The van der Waals surface area contributed by atoms with Gasteiger partial charge in [-0.1, -0.05) is 6.07 Å². The van der Waals surface area contributed by atoms with Crippen LogP contribution in [0.1, 0.15) is 12.0 Å². The van der Waals surface area contributed by atoms with Crippen LogP contribution in [-0.4, -0.2) is 35.6 Å². The number of pyridine rings is 1. The van der Waals surface area contributed by atoms with Crippen molar-refractivity contribution in [1.82, 2.24) is 4.98 Å². The summed E-state index contributed by atoms with van der Waals surface area (Å²) in [6.07, 6.45) is 4.48. The average Bonchev–Trinajstić information content (AvgIpc) is 2.58. The molecule has 2 amide bonds. The average molecular weight is 311 g/mol. The lowest BCUT2D eigenvalue weighted by atomic mass is 9.96. The van der Waals surface area contributed by atoms with Crippen LogP contribution in [0.25, 0.3) is 11.1 Å². The fourth-order valence-electron chi connectivity index (χ4n) is 2.70. The van der Waals surface area contributed by atoms with Crippen molar-refractivity contribution in [2.45, 2.75) is 12.8 Å². The van der Waals surface area contributed by atoms with Gasteiger partial charge in [-0.05, 0) is 35.7 Å². The molecule has 0 saturated heterocycles. The highest BCUT2D eigenvalue weighted by atomic mass is 16.3. The normalized spacial score (nSPS) is 13.7. The van der Waals surface area contributed by atoms with Crippen molar-refractivity contribution in [1.29, 1.82) is 0 Å². The van der Waals surface area contributed by atoms with E-state index in [1.807, 2.05) is 18.2 Å². The van der Waals surface area contributed by atoms with Gasteiger partial charge in [0.2, 0.25) is 11.8 Å². The van der Waals surface area contributed by atoms with Gasteiger partial charge in [0, 0.05) is 30.9 Å². The third-order valence-electron chi connectivity index (χ3n) is 3.92. The summed E-state index contributed by atoms with van der Waals surface area (Å²) in [5.41, 5.74) is 4.42. The number of hydrogen-bond acceptors (Lipinski definition) is 4. The van der Waals surface area contributed by atoms with Gasteiger partial charge in [0.25, 0.3) is 0 Å². The number of carbonyl (C=O) groups excluding carboxylic acids is 2. The van der Waals surface area contributed by atoms with Crippen molar-refractivity contribution in [2.75, 3.05) is 23.9 Å². The van der Waals surface area contributed by atoms with Crippen LogP contribution in [0.2, 0.25) is 0 Å². The van der Waals surface area contributed by atoms with Gasteiger partial charge < -0.3 is 15.3 Å². The summed E-state index contributed by atoms with van der Waals surface area (Å²) in [4.78, 5) is 28.8. The van der Waals surface area contributed by atoms with Crippen LogP contribution >= 0.6 is 0 Å². The molecule has 0 saturated carbocycles. The smallest absolute Gasteiger partial charge is 0.250 e. The summed E-state index contributed by atoms with van der Waals surface area (Å²) in [7, 11) is 1.78. The first-order valence-electron chi connectivity index (χ1n) is 7.34. The van der Waals surface area contributed by atoms with E-state index < -0.39 is 12.5 Å². The zero-order valence-corrected chi connectivity index (χ0v) is 12.7. The number of aromatic nitrogens is 1. The van der Waals surface area contributed by atoms with Gasteiger partial charge in [0.05, 0.1) is 11.9 Å². The van der Waals surface area contributed by atoms with E-state index in [9.17, 15) is 9.59 Å². The summed E-state index contributed by atoms with van der Waals surface area (Å²) in [5.74, 6) is -0.352. The predicted molar refractivity (Wildman–Crippen MR) is 87.1 cm³/mol. The minimum Gasteiger partial charge on any atom is -0.387 e. The molecule has 2 heterocycles. The Bertz CT molecular complexity index is 773. The number of aliphatic hydroxyl groups is 1. The van der Waals surface area contributed by atoms with E-state index in [1.165, 1.54) is 6.20 Å². The van der Waals surface area contributed by atoms with Crippen LogP contribution in [0.15, 0.2) is 36.7 Å². The Balaban J connectivity index is 1.92. The lowest BCUT2D eigenvalue weighted by Crippen LogP contribution is -2.30. The van der Waals surface area contributed by atoms with Crippen LogP contribution in [0.3, 0.4) is 0 Å². The molecule has 3 rings (SSSR count). The predicted octanol–water partition coefficient (Wildman–Crippen LogP) is 1.59. The van der Waals surface area contributed by atoms with Crippen LogP contribution in [0.5, 0.6) is 0 Å². The highest BCUT2D eigenvalue weighted by Gasteiger charge is 2.21. The molecule has 1 aromatic heterocycles. The number of rotatable bonds is 3. The van der Waals surface area contributed by atoms with Gasteiger partial charge in [-0.3, -0.25) is 14.6 Å². The van der Waals surface area contributed by atoms with Crippen LogP contribution in [0.4, 0.5) is 11.4 Å². The fourth-order valence-corrected chi connectivity index (χ4v) is 2.70. The Hall–Kier alpha value is -2.73. The zero-order valence-electron chi connectivity index (χ0n) is 12.7. The van der Waals surface area contributed by atoms with Gasteiger partial charge in [0.15, 0.2) is 0 Å².